The monoisotopic (exact) mass is 637 g/mol. The molecule has 11 nitrogen and oxygen atoms in total. The van der Waals surface area contributed by atoms with E-state index in [4.69, 9.17) is 14.2 Å². The molecule has 254 valence electrons. The van der Waals surface area contributed by atoms with Gasteiger partial charge in [0.05, 0.1) is 25.2 Å². The largest absolute Gasteiger partial charge is 0.457 e. The van der Waals surface area contributed by atoms with Crippen molar-refractivity contribution < 1.29 is 43.2 Å². The third kappa shape index (κ3) is 11.1. The number of rotatable bonds is 7. The fraction of sp³-hybridized carbons (Fsp3) is 0.727. The molecular weight excluding hydrogens is 585 g/mol. The zero-order valence-electron chi connectivity index (χ0n) is 27.4. The Morgan fingerprint density at radius 3 is 2.58 bits per heavy atom. The quantitative estimate of drug-likeness (QED) is 0.185. The normalized spacial score (nSPS) is 32.4. The van der Waals surface area contributed by atoms with Gasteiger partial charge >= 0.3 is 18.2 Å². The number of allylic oxidation sites excluding steroid dienone is 2. The van der Waals surface area contributed by atoms with Gasteiger partial charge in [0.2, 0.25) is 0 Å². The average molecular weight is 638 g/mol. The van der Waals surface area contributed by atoms with E-state index in [0.29, 0.717) is 26.1 Å². The number of hydrogen-bond acceptors (Lipinski definition) is 9. The fourth-order valence-electron chi connectivity index (χ4n) is 5.69. The van der Waals surface area contributed by atoms with E-state index in [0.717, 1.165) is 25.1 Å². The first-order valence-electron chi connectivity index (χ1n) is 16.1. The van der Waals surface area contributed by atoms with Gasteiger partial charge in [-0.1, -0.05) is 38.2 Å². The summed E-state index contributed by atoms with van der Waals surface area (Å²) in [6.45, 7) is 9.71. The van der Waals surface area contributed by atoms with E-state index in [2.05, 4.69) is 4.90 Å². The van der Waals surface area contributed by atoms with Crippen molar-refractivity contribution in [2.45, 2.75) is 89.8 Å². The van der Waals surface area contributed by atoms with E-state index in [1.54, 1.807) is 30.1 Å². The van der Waals surface area contributed by atoms with Crippen LogP contribution in [0.1, 0.15) is 59.8 Å². The van der Waals surface area contributed by atoms with E-state index >= 15 is 0 Å². The lowest BCUT2D eigenvalue weighted by Crippen LogP contribution is -2.50. The average Bonchev–Trinajstić information content (AvgIpc) is 3.48. The summed E-state index contributed by atoms with van der Waals surface area (Å²) in [5, 5.41) is 21.9. The Morgan fingerprint density at radius 2 is 1.89 bits per heavy atom. The molecule has 0 aliphatic carbocycles. The second-order valence-electron chi connectivity index (χ2n) is 13.0. The second-order valence-corrected chi connectivity index (χ2v) is 13.0. The Balaban J connectivity index is 1.70. The zero-order valence-corrected chi connectivity index (χ0v) is 27.4. The van der Waals surface area contributed by atoms with Gasteiger partial charge in [-0.05, 0) is 58.2 Å². The number of ether oxygens (including phenoxy) is 3. The van der Waals surface area contributed by atoms with Crippen LogP contribution in [0.2, 0.25) is 0 Å². The second kappa shape index (κ2) is 17.1. The molecule has 12 heteroatoms. The predicted molar refractivity (Wildman–Crippen MR) is 167 cm³/mol. The van der Waals surface area contributed by atoms with Crippen molar-refractivity contribution in [3.05, 3.63) is 36.0 Å². The molecule has 3 heterocycles. The molecule has 3 aliphatic rings. The van der Waals surface area contributed by atoms with Crippen molar-refractivity contribution in [2.75, 3.05) is 53.1 Å². The van der Waals surface area contributed by atoms with Gasteiger partial charge < -0.3 is 39.1 Å². The van der Waals surface area contributed by atoms with Crippen LogP contribution < -0.4 is 0 Å². The molecule has 2 amide bonds. The summed E-state index contributed by atoms with van der Waals surface area (Å²) in [6, 6.07) is -0.412. The standard InChI is InChI=1S/C33H52FN3O8/c1-23(22-43-32(41)37-15-7-10-26(37)21-34)8-6-9-24(2)30-25(3)11-12-28(44-31(40)36-18-16-35(5)17-19-36)33(4,42)14-13-27(38)20-29(39)45-30/h6,8-9,11-12,23,25-28,30,38,42H,7,10,13-22H2,1-5H3/b8-6+,12-11+,24-9+/t23-,25+,26-,27+,28+,30-,33+/m1/s1. The van der Waals surface area contributed by atoms with E-state index in [1.165, 1.54) is 4.90 Å². The smallest absolute Gasteiger partial charge is 0.410 e. The zero-order chi connectivity index (χ0) is 33.1. The molecule has 0 aromatic carbocycles. The van der Waals surface area contributed by atoms with Crippen LogP contribution in [0.5, 0.6) is 0 Å². The highest BCUT2D eigenvalue weighted by atomic mass is 19.1. The molecule has 3 rings (SSSR count). The SMILES string of the molecule is C/C(=C\C=C\[C@@H](C)COC(=O)N1CCC[C@@H]1CF)[C@H]1OC(=O)C[C@@H](O)CC[C@](C)(O)[C@@H](OC(=O)N2CCN(C)CC2)/C=C/[C@@H]1C. The summed E-state index contributed by atoms with van der Waals surface area (Å²) in [7, 11) is 1.99. The number of cyclic esters (lactones) is 1. The number of aliphatic hydroxyl groups is 2. The molecule has 2 N–H and O–H groups in total. The highest BCUT2D eigenvalue weighted by Crippen LogP contribution is 2.27. The Bertz CT molecular complexity index is 1090. The maximum atomic E-state index is 13.1. The van der Waals surface area contributed by atoms with Gasteiger partial charge in [-0.15, -0.1) is 0 Å². The highest BCUT2D eigenvalue weighted by molar-refractivity contribution is 5.70. The Hall–Kier alpha value is -2.96. The Labute approximate surface area is 266 Å². The lowest BCUT2D eigenvalue weighted by Gasteiger charge is -2.36. The number of hydrogen-bond donors (Lipinski definition) is 2. The third-order valence-electron chi connectivity index (χ3n) is 8.82. The van der Waals surface area contributed by atoms with Crippen molar-refractivity contribution in [3.8, 4) is 0 Å². The molecule has 0 aromatic heterocycles. The number of carbonyl (C=O) groups excluding carboxylic acids is 3. The van der Waals surface area contributed by atoms with Crippen LogP contribution >= 0.6 is 0 Å². The summed E-state index contributed by atoms with van der Waals surface area (Å²) in [4.78, 5) is 43.3. The van der Waals surface area contributed by atoms with Crippen molar-refractivity contribution in [1.82, 2.24) is 14.7 Å². The first-order valence-corrected chi connectivity index (χ1v) is 16.1. The third-order valence-corrected chi connectivity index (χ3v) is 8.82. The number of likely N-dealkylation sites (N-methyl/N-ethyl adjacent to an activating group) is 1. The number of aliphatic hydroxyl groups excluding tert-OH is 1. The summed E-state index contributed by atoms with van der Waals surface area (Å²) in [5.41, 5.74) is -0.750. The van der Waals surface area contributed by atoms with Gasteiger partial charge in [0, 0.05) is 44.6 Å². The van der Waals surface area contributed by atoms with Gasteiger partial charge in [0.25, 0.3) is 0 Å². The molecule has 0 unspecified atom stereocenters. The first kappa shape index (κ1) is 36.5. The molecular formula is C33H52FN3O8. The van der Waals surface area contributed by atoms with E-state index in [-0.39, 0.29) is 37.7 Å². The van der Waals surface area contributed by atoms with Crippen LogP contribution in [-0.4, -0.2) is 126 Å². The van der Waals surface area contributed by atoms with E-state index in [1.807, 2.05) is 40.0 Å². The maximum Gasteiger partial charge on any atom is 0.410 e. The first-order chi connectivity index (χ1) is 21.3. The minimum absolute atomic E-state index is 0.107. The summed E-state index contributed by atoms with van der Waals surface area (Å²) >= 11 is 0. The molecule has 0 saturated carbocycles. The minimum Gasteiger partial charge on any atom is -0.457 e. The number of halogens is 1. The molecule has 0 bridgehead atoms. The van der Waals surface area contributed by atoms with Gasteiger partial charge in [0.15, 0.2) is 6.10 Å². The summed E-state index contributed by atoms with van der Waals surface area (Å²) < 4.78 is 30.2. The Kier molecular flexibility index (Phi) is 13.9. The number of piperazine rings is 1. The maximum absolute atomic E-state index is 13.1. The van der Waals surface area contributed by atoms with Crippen LogP contribution in [0.4, 0.5) is 14.0 Å². The molecule has 2 fully saturated rings. The number of esters is 1. The molecule has 3 aliphatic heterocycles. The molecule has 0 radical (unpaired) electrons. The number of amides is 2. The molecule has 0 aromatic rings. The lowest BCUT2D eigenvalue weighted by molar-refractivity contribution is -0.151. The van der Waals surface area contributed by atoms with Crippen LogP contribution in [0, 0.1) is 11.8 Å². The fourth-order valence-corrected chi connectivity index (χ4v) is 5.69. The highest BCUT2D eigenvalue weighted by Gasteiger charge is 2.37. The topological polar surface area (TPSA) is 129 Å². The van der Waals surface area contributed by atoms with Crippen molar-refractivity contribution in [1.29, 1.82) is 0 Å². The van der Waals surface area contributed by atoms with Crippen LogP contribution in [0.15, 0.2) is 36.0 Å². The number of likely N-dealkylation sites (tertiary alicyclic amines) is 1. The molecule has 0 spiro atoms. The summed E-state index contributed by atoms with van der Waals surface area (Å²) in [6.07, 6.45) is 6.56. The van der Waals surface area contributed by atoms with Gasteiger partial charge in [-0.25, -0.2) is 14.0 Å². The summed E-state index contributed by atoms with van der Waals surface area (Å²) in [5.74, 6) is -1.04. The number of alkyl halides is 1. The van der Waals surface area contributed by atoms with E-state index < -0.39 is 54.8 Å². The predicted octanol–water partition coefficient (Wildman–Crippen LogP) is 3.85. The van der Waals surface area contributed by atoms with E-state index in [9.17, 15) is 29.0 Å². The molecule has 2 saturated heterocycles. The lowest BCUT2D eigenvalue weighted by atomic mass is 9.89. The molecule has 45 heavy (non-hydrogen) atoms. The van der Waals surface area contributed by atoms with Crippen LogP contribution in [-0.2, 0) is 19.0 Å². The van der Waals surface area contributed by atoms with Gasteiger partial charge in [-0.3, -0.25) is 4.79 Å². The minimum atomic E-state index is -1.48. The van der Waals surface area contributed by atoms with Crippen molar-refractivity contribution in [3.63, 3.8) is 0 Å². The van der Waals surface area contributed by atoms with Crippen molar-refractivity contribution >= 4 is 18.2 Å². The number of carbonyl (C=O) groups is 3. The number of nitrogens with zero attached hydrogens (tertiary/aromatic N) is 3. The Morgan fingerprint density at radius 1 is 1.18 bits per heavy atom. The van der Waals surface area contributed by atoms with Gasteiger partial charge in [0.1, 0.15) is 18.4 Å². The van der Waals surface area contributed by atoms with Gasteiger partial charge in [-0.2, -0.15) is 0 Å². The molecule has 7 atom stereocenters. The van der Waals surface area contributed by atoms with Crippen molar-refractivity contribution in [2.24, 2.45) is 11.8 Å². The van der Waals surface area contributed by atoms with Crippen LogP contribution in [0.25, 0.3) is 0 Å². The van der Waals surface area contributed by atoms with Crippen LogP contribution in [0.3, 0.4) is 0 Å².